The smallest absolute Gasteiger partial charge is 0.258 e. The van der Waals surface area contributed by atoms with Gasteiger partial charge in [0.1, 0.15) is 5.75 Å². The van der Waals surface area contributed by atoms with Gasteiger partial charge in [-0.25, -0.2) is 0 Å². The van der Waals surface area contributed by atoms with Crippen molar-refractivity contribution in [3.8, 4) is 11.8 Å². The maximum Gasteiger partial charge on any atom is 0.258 e. The summed E-state index contributed by atoms with van der Waals surface area (Å²) in [6.45, 7) is 15.0. The van der Waals surface area contributed by atoms with Crippen molar-refractivity contribution in [2.45, 2.75) is 95.1 Å². The van der Waals surface area contributed by atoms with E-state index in [9.17, 15) is 5.26 Å². The van der Waals surface area contributed by atoms with Crippen LogP contribution in [-0.4, -0.2) is 21.5 Å². The quantitative estimate of drug-likeness (QED) is 0.335. The van der Waals surface area contributed by atoms with Gasteiger partial charge in [0.2, 0.25) is 0 Å². The van der Waals surface area contributed by atoms with E-state index in [0.717, 1.165) is 36.1 Å². The Kier molecular flexibility index (Phi) is 7.01. The zero-order valence-corrected chi connectivity index (χ0v) is 22.5. The third-order valence-electron chi connectivity index (χ3n) is 8.12. The first-order valence-corrected chi connectivity index (χ1v) is 14.9. The second-order valence-electron chi connectivity index (χ2n) is 10.9. The van der Waals surface area contributed by atoms with Gasteiger partial charge in [0, 0.05) is 12.0 Å². The van der Waals surface area contributed by atoms with Crippen LogP contribution in [0.15, 0.2) is 41.2 Å². The van der Waals surface area contributed by atoms with Crippen molar-refractivity contribution in [3.63, 3.8) is 0 Å². The second-order valence-corrected chi connectivity index (χ2v) is 16.3. The first-order chi connectivity index (χ1) is 16.2. The van der Waals surface area contributed by atoms with Crippen molar-refractivity contribution in [3.05, 3.63) is 53.5 Å². The number of hydrogen-bond acceptors (Lipinski definition) is 5. The number of rotatable bonds is 10. The Morgan fingerprint density at radius 3 is 2.21 bits per heavy atom. The zero-order valence-electron chi connectivity index (χ0n) is 21.5. The molecule has 1 aliphatic heterocycles. The highest BCUT2D eigenvalue weighted by Crippen LogP contribution is 2.49. The Hall–Kier alpha value is -2.07. The number of benzene rings is 1. The highest BCUT2D eigenvalue weighted by atomic mass is 28.4. The van der Waals surface area contributed by atoms with E-state index in [1.165, 1.54) is 5.56 Å². The van der Waals surface area contributed by atoms with Gasteiger partial charge in [-0.15, -0.1) is 0 Å². The molecule has 2 heterocycles. The third-order valence-corrected chi connectivity index (χ3v) is 14.1. The molecular formula is C28H39NO4Si. The molecule has 0 spiro atoms. The van der Waals surface area contributed by atoms with Crippen LogP contribution in [0.5, 0.6) is 5.75 Å². The fourth-order valence-corrected chi connectivity index (χ4v) is 11.8. The molecule has 0 radical (unpaired) electrons. The van der Waals surface area contributed by atoms with E-state index in [4.69, 9.17) is 18.3 Å². The predicted molar refractivity (Wildman–Crippen MR) is 135 cm³/mol. The van der Waals surface area contributed by atoms with Gasteiger partial charge in [-0.05, 0) is 65.2 Å². The Balaban J connectivity index is 1.47. The van der Waals surface area contributed by atoms with Gasteiger partial charge < -0.3 is 18.3 Å². The first kappa shape index (κ1) is 25.0. The third kappa shape index (κ3) is 4.12. The molecule has 1 aliphatic carbocycles. The van der Waals surface area contributed by atoms with E-state index in [2.05, 4.69) is 65.8 Å². The number of ether oxygens (including phenoxy) is 2. The lowest BCUT2D eigenvalue weighted by Crippen LogP contribution is -2.50. The number of nitrogens with zero attached hydrogens (tertiary/aromatic N) is 1. The van der Waals surface area contributed by atoms with E-state index in [-0.39, 0.29) is 0 Å². The van der Waals surface area contributed by atoms with Crippen molar-refractivity contribution >= 4 is 8.32 Å². The van der Waals surface area contributed by atoms with Crippen LogP contribution in [0, 0.1) is 11.3 Å². The molecular weight excluding hydrogens is 442 g/mol. The molecule has 6 heteroatoms. The maximum atomic E-state index is 10.1. The molecule has 34 heavy (non-hydrogen) atoms. The summed E-state index contributed by atoms with van der Waals surface area (Å²) < 4.78 is 24.1. The summed E-state index contributed by atoms with van der Waals surface area (Å²) in [5, 5.41) is 10.1. The molecule has 184 valence electrons. The summed E-state index contributed by atoms with van der Waals surface area (Å²) in [6, 6.07) is 11.0. The molecule has 0 N–H and O–H groups in total. The molecule has 0 bridgehead atoms. The Bertz CT molecular complexity index is 996. The van der Waals surface area contributed by atoms with Crippen molar-refractivity contribution in [1.29, 1.82) is 5.26 Å². The second kappa shape index (κ2) is 9.52. The van der Waals surface area contributed by atoms with Crippen LogP contribution in [0.2, 0.25) is 16.6 Å². The molecule has 4 rings (SSSR count). The van der Waals surface area contributed by atoms with Gasteiger partial charge in [0.05, 0.1) is 37.2 Å². The van der Waals surface area contributed by atoms with Crippen LogP contribution < -0.4 is 4.43 Å². The summed E-state index contributed by atoms with van der Waals surface area (Å²) in [5.74, 6) is 0.228. The van der Waals surface area contributed by atoms with Crippen LogP contribution in [-0.2, 0) is 27.1 Å². The molecule has 0 amide bonds. The van der Waals surface area contributed by atoms with Crippen molar-refractivity contribution in [1.82, 2.24) is 0 Å². The molecule has 1 aromatic carbocycles. The van der Waals surface area contributed by atoms with E-state index in [1.807, 2.05) is 6.07 Å². The summed E-state index contributed by atoms with van der Waals surface area (Å²) >= 11 is 0. The minimum atomic E-state index is -2.00. The maximum absolute atomic E-state index is 10.1. The van der Waals surface area contributed by atoms with E-state index < -0.39 is 19.5 Å². The van der Waals surface area contributed by atoms with Crippen molar-refractivity contribution < 1.29 is 18.3 Å². The van der Waals surface area contributed by atoms with Crippen LogP contribution in [0.1, 0.15) is 77.5 Å². The lowest BCUT2D eigenvalue weighted by Gasteiger charge is -2.43. The first-order valence-electron chi connectivity index (χ1n) is 12.7. The molecule has 1 aromatic heterocycles. The topological polar surface area (TPSA) is 64.6 Å². The van der Waals surface area contributed by atoms with Gasteiger partial charge in [0.15, 0.2) is 5.79 Å². The van der Waals surface area contributed by atoms with Crippen LogP contribution in [0.25, 0.3) is 0 Å². The van der Waals surface area contributed by atoms with Crippen molar-refractivity contribution in [2.75, 3.05) is 13.2 Å². The number of nitriles is 1. The fraction of sp³-hybridized carbons (Fsp3) is 0.607. The lowest BCUT2D eigenvalue weighted by atomic mass is 9.62. The Morgan fingerprint density at radius 1 is 1.00 bits per heavy atom. The summed E-state index contributed by atoms with van der Waals surface area (Å²) in [4.78, 5) is 0. The molecule has 1 fully saturated rings. The van der Waals surface area contributed by atoms with Gasteiger partial charge in [0.25, 0.3) is 8.32 Å². The highest BCUT2D eigenvalue weighted by Gasteiger charge is 2.48. The number of hydrogen-bond donors (Lipinski definition) is 0. The lowest BCUT2D eigenvalue weighted by molar-refractivity contribution is -0.172. The molecule has 2 aromatic rings. The fourth-order valence-electron chi connectivity index (χ4n) is 6.51. The van der Waals surface area contributed by atoms with Crippen molar-refractivity contribution in [2.24, 2.45) is 0 Å². The normalized spacial score (nSPS) is 21.5. The average molecular weight is 482 g/mol. The summed E-state index contributed by atoms with van der Waals surface area (Å²) in [5.41, 5.74) is 4.46. The highest BCUT2D eigenvalue weighted by molar-refractivity contribution is 6.78. The monoisotopic (exact) mass is 481 g/mol. The van der Waals surface area contributed by atoms with Gasteiger partial charge in [-0.3, -0.25) is 0 Å². The molecule has 5 nitrogen and oxygen atoms in total. The Labute approximate surface area is 205 Å². The minimum absolute atomic E-state index is 0.438. The number of furan rings is 1. The predicted octanol–water partition coefficient (Wildman–Crippen LogP) is 7.22. The number of fused-ring (bicyclic) bond motifs is 1. The summed E-state index contributed by atoms with van der Waals surface area (Å²) in [7, 11) is -2.00. The summed E-state index contributed by atoms with van der Waals surface area (Å²) in [6.07, 6.45) is 6.44. The van der Waals surface area contributed by atoms with Crippen LogP contribution in [0.3, 0.4) is 0 Å². The molecule has 0 saturated carbocycles. The van der Waals surface area contributed by atoms with E-state index in [1.54, 1.807) is 12.5 Å². The molecule has 1 unspecified atom stereocenters. The van der Waals surface area contributed by atoms with Crippen LogP contribution >= 0.6 is 0 Å². The standard InChI is InChI=1S/C28H39NO4Si/c1-20(2)34(21(3)4,22(5)6)33-25-8-9-26-23(16-25)17-27(26,19-29)11-7-12-28(31-14-15-32-28)24-10-13-30-18-24/h8-10,13,16,18,20-22H,7,11-12,14-15,17H2,1-6H3. The Morgan fingerprint density at radius 2 is 1.68 bits per heavy atom. The SMILES string of the molecule is CC(C)[Si](Oc1ccc2c(c1)CC2(C#N)CCCC1(c2ccoc2)OCCO1)(C(C)C)C(C)C. The van der Waals surface area contributed by atoms with E-state index >= 15 is 0 Å². The van der Waals surface area contributed by atoms with Crippen LogP contribution in [0.4, 0.5) is 0 Å². The molecule has 1 saturated heterocycles. The minimum Gasteiger partial charge on any atom is -0.543 e. The van der Waals surface area contributed by atoms with Gasteiger partial charge in [-0.2, -0.15) is 5.26 Å². The molecule has 2 aliphatic rings. The van der Waals surface area contributed by atoms with Gasteiger partial charge >= 0.3 is 0 Å². The largest absolute Gasteiger partial charge is 0.543 e. The van der Waals surface area contributed by atoms with E-state index in [0.29, 0.717) is 36.3 Å². The molecule has 1 atom stereocenters. The zero-order chi connectivity index (χ0) is 24.6. The average Bonchev–Trinajstić information content (AvgIpc) is 3.47. The van der Waals surface area contributed by atoms with Gasteiger partial charge in [-0.1, -0.05) is 47.6 Å².